The van der Waals surface area contributed by atoms with Crippen LogP contribution >= 0.6 is 0 Å². The number of likely N-dealkylation sites (tertiary alicyclic amines) is 1. The molecule has 0 aromatic rings. The molecule has 6 heteroatoms. The molecule has 1 saturated carbocycles. The van der Waals surface area contributed by atoms with E-state index in [1.165, 1.54) is 0 Å². The second-order valence-corrected chi connectivity index (χ2v) is 7.82. The fourth-order valence-electron chi connectivity index (χ4n) is 2.64. The number of piperidine rings is 1. The van der Waals surface area contributed by atoms with Crippen molar-refractivity contribution >= 4 is 12.0 Å². The second-order valence-electron chi connectivity index (χ2n) is 7.82. The number of carbonyl (C=O) groups is 2. The summed E-state index contributed by atoms with van der Waals surface area (Å²) in [7, 11) is 0. The van der Waals surface area contributed by atoms with Crippen molar-refractivity contribution in [1.29, 1.82) is 0 Å². The van der Waals surface area contributed by atoms with Gasteiger partial charge in [-0.1, -0.05) is 0 Å². The van der Waals surface area contributed by atoms with Crippen LogP contribution in [-0.2, 0) is 9.53 Å². The molecule has 2 amide bonds. The molecule has 1 saturated heterocycles. The van der Waals surface area contributed by atoms with Crippen LogP contribution in [0.2, 0.25) is 0 Å². The number of hydrogen-bond acceptors (Lipinski definition) is 4. The maximum absolute atomic E-state index is 12.0. The Balaban J connectivity index is 1.64. The van der Waals surface area contributed by atoms with Gasteiger partial charge in [0.15, 0.2) is 0 Å². The van der Waals surface area contributed by atoms with Crippen molar-refractivity contribution < 1.29 is 14.3 Å². The van der Waals surface area contributed by atoms with E-state index >= 15 is 0 Å². The highest BCUT2D eigenvalue weighted by molar-refractivity contribution is 5.81. The van der Waals surface area contributed by atoms with Crippen LogP contribution in [0, 0.1) is 5.92 Å². The molecule has 1 aliphatic carbocycles. The first-order valence-corrected chi connectivity index (χ1v) is 8.76. The zero-order valence-corrected chi connectivity index (χ0v) is 14.9. The molecule has 0 radical (unpaired) electrons. The number of nitrogens with zero attached hydrogens (tertiary/aromatic N) is 1. The van der Waals surface area contributed by atoms with E-state index in [1.807, 2.05) is 27.7 Å². The average Bonchev–Trinajstić information content (AvgIpc) is 3.27. The van der Waals surface area contributed by atoms with Crippen LogP contribution < -0.4 is 10.6 Å². The number of hydrogen-bond donors (Lipinski definition) is 2. The fraction of sp³-hybridized carbons (Fsp3) is 0.882. The monoisotopic (exact) mass is 325 g/mol. The number of nitrogens with one attached hydrogen (secondary N) is 2. The van der Waals surface area contributed by atoms with Gasteiger partial charge in [0.25, 0.3) is 0 Å². The topological polar surface area (TPSA) is 70.7 Å². The van der Waals surface area contributed by atoms with Gasteiger partial charge in [-0.2, -0.15) is 0 Å². The standard InChI is InChI=1S/C17H31N3O3/c1-12(15(21)19-14-5-6-14)18-11-13-7-9-20(10-8-13)16(22)23-17(2,3)4/h12-14,18H,5-11H2,1-4H3,(H,19,21). The molecule has 0 aromatic heterocycles. The summed E-state index contributed by atoms with van der Waals surface area (Å²) in [6.07, 6.45) is 3.90. The largest absolute Gasteiger partial charge is 0.444 e. The Labute approximate surface area is 139 Å². The molecular formula is C17H31N3O3. The molecule has 1 aliphatic heterocycles. The Morgan fingerprint density at radius 1 is 1.17 bits per heavy atom. The van der Waals surface area contributed by atoms with Gasteiger partial charge in [0, 0.05) is 19.1 Å². The van der Waals surface area contributed by atoms with E-state index in [0.29, 0.717) is 12.0 Å². The van der Waals surface area contributed by atoms with Crippen LogP contribution in [0.25, 0.3) is 0 Å². The van der Waals surface area contributed by atoms with E-state index in [-0.39, 0.29) is 18.0 Å². The minimum atomic E-state index is -0.445. The third kappa shape index (κ3) is 6.37. The molecule has 0 aromatic carbocycles. The highest BCUT2D eigenvalue weighted by atomic mass is 16.6. The van der Waals surface area contributed by atoms with Gasteiger partial charge in [0.2, 0.25) is 5.91 Å². The van der Waals surface area contributed by atoms with Gasteiger partial charge in [0.05, 0.1) is 6.04 Å². The van der Waals surface area contributed by atoms with Gasteiger partial charge < -0.3 is 20.3 Å². The summed E-state index contributed by atoms with van der Waals surface area (Å²) in [6.45, 7) is 9.84. The van der Waals surface area contributed by atoms with E-state index in [9.17, 15) is 9.59 Å². The first-order chi connectivity index (χ1) is 10.7. The first-order valence-electron chi connectivity index (χ1n) is 8.76. The highest BCUT2D eigenvalue weighted by Crippen LogP contribution is 2.20. The third-order valence-corrected chi connectivity index (χ3v) is 4.30. The van der Waals surface area contributed by atoms with Crippen LogP contribution in [0.1, 0.15) is 53.4 Å². The molecule has 6 nitrogen and oxygen atoms in total. The van der Waals surface area contributed by atoms with Crippen molar-refractivity contribution in [2.75, 3.05) is 19.6 Å². The van der Waals surface area contributed by atoms with Crippen molar-refractivity contribution in [3.05, 3.63) is 0 Å². The Morgan fingerprint density at radius 2 is 1.78 bits per heavy atom. The van der Waals surface area contributed by atoms with E-state index < -0.39 is 5.60 Å². The van der Waals surface area contributed by atoms with E-state index in [4.69, 9.17) is 4.74 Å². The number of ether oxygens (including phenoxy) is 1. The molecule has 2 aliphatic rings. The predicted octanol–water partition coefficient (Wildman–Crippen LogP) is 1.89. The lowest BCUT2D eigenvalue weighted by molar-refractivity contribution is -0.122. The summed E-state index contributed by atoms with van der Waals surface area (Å²) >= 11 is 0. The Morgan fingerprint density at radius 3 is 2.30 bits per heavy atom. The zero-order chi connectivity index (χ0) is 17.0. The molecule has 2 N–H and O–H groups in total. The molecule has 1 atom stereocenters. The van der Waals surface area contributed by atoms with Gasteiger partial charge in [-0.25, -0.2) is 4.79 Å². The van der Waals surface area contributed by atoms with Crippen LogP contribution in [0.5, 0.6) is 0 Å². The normalized spacial score (nSPS) is 21.0. The molecule has 0 bridgehead atoms. The smallest absolute Gasteiger partial charge is 0.410 e. The van der Waals surface area contributed by atoms with E-state index in [0.717, 1.165) is 45.3 Å². The van der Waals surface area contributed by atoms with Crippen LogP contribution in [-0.4, -0.2) is 54.2 Å². The van der Waals surface area contributed by atoms with Gasteiger partial charge in [0.1, 0.15) is 5.60 Å². The van der Waals surface area contributed by atoms with Crippen LogP contribution in [0.15, 0.2) is 0 Å². The minimum absolute atomic E-state index is 0.0960. The van der Waals surface area contributed by atoms with Gasteiger partial charge in [-0.05, 0) is 65.8 Å². The summed E-state index contributed by atoms with van der Waals surface area (Å²) in [4.78, 5) is 25.7. The predicted molar refractivity (Wildman–Crippen MR) is 89.2 cm³/mol. The average molecular weight is 325 g/mol. The highest BCUT2D eigenvalue weighted by Gasteiger charge is 2.28. The lowest BCUT2D eigenvalue weighted by Gasteiger charge is -2.33. The molecular weight excluding hydrogens is 294 g/mol. The van der Waals surface area contributed by atoms with Crippen molar-refractivity contribution in [3.63, 3.8) is 0 Å². The molecule has 1 heterocycles. The lowest BCUT2D eigenvalue weighted by atomic mass is 9.97. The zero-order valence-electron chi connectivity index (χ0n) is 14.9. The molecule has 23 heavy (non-hydrogen) atoms. The van der Waals surface area contributed by atoms with Gasteiger partial charge in [-0.3, -0.25) is 4.79 Å². The Kier molecular flexibility index (Phi) is 5.89. The summed E-state index contributed by atoms with van der Waals surface area (Å²) in [5.41, 5.74) is -0.445. The SMILES string of the molecule is CC(NCC1CCN(C(=O)OC(C)(C)C)CC1)C(=O)NC1CC1. The fourth-order valence-corrected chi connectivity index (χ4v) is 2.64. The van der Waals surface area contributed by atoms with Gasteiger partial charge >= 0.3 is 6.09 Å². The number of amides is 2. The summed E-state index contributed by atoms with van der Waals surface area (Å²) in [5.74, 6) is 0.601. The maximum atomic E-state index is 12.0. The molecule has 2 fully saturated rings. The quantitative estimate of drug-likeness (QED) is 0.810. The maximum Gasteiger partial charge on any atom is 0.410 e. The summed E-state index contributed by atoms with van der Waals surface area (Å²) < 4.78 is 5.40. The first kappa shape index (κ1) is 18.0. The molecule has 1 unspecified atom stereocenters. The Bertz CT molecular complexity index is 421. The lowest BCUT2D eigenvalue weighted by Crippen LogP contribution is -2.47. The van der Waals surface area contributed by atoms with Crippen molar-refractivity contribution in [2.24, 2.45) is 5.92 Å². The van der Waals surface area contributed by atoms with Crippen LogP contribution in [0.4, 0.5) is 4.79 Å². The van der Waals surface area contributed by atoms with Crippen molar-refractivity contribution in [2.45, 2.75) is 71.1 Å². The minimum Gasteiger partial charge on any atom is -0.444 e. The van der Waals surface area contributed by atoms with Crippen molar-refractivity contribution in [3.8, 4) is 0 Å². The Hall–Kier alpha value is -1.30. The van der Waals surface area contributed by atoms with E-state index in [2.05, 4.69) is 10.6 Å². The number of carbonyl (C=O) groups excluding carboxylic acids is 2. The summed E-state index contributed by atoms with van der Waals surface area (Å²) in [5, 5.41) is 6.33. The number of rotatable bonds is 5. The van der Waals surface area contributed by atoms with E-state index in [1.54, 1.807) is 4.90 Å². The van der Waals surface area contributed by atoms with Crippen LogP contribution in [0.3, 0.4) is 0 Å². The molecule has 132 valence electrons. The molecule has 2 rings (SSSR count). The second kappa shape index (κ2) is 7.51. The summed E-state index contributed by atoms with van der Waals surface area (Å²) in [6, 6.07) is 0.253. The van der Waals surface area contributed by atoms with Crippen molar-refractivity contribution in [1.82, 2.24) is 15.5 Å². The molecule has 0 spiro atoms. The van der Waals surface area contributed by atoms with Gasteiger partial charge in [-0.15, -0.1) is 0 Å². The third-order valence-electron chi connectivity index (χ3n) is 4.30.